The Morgan fingerprint density at radius 1 is 0.513 bits per heavy atom. The van der Waals surface area contributed by atoms with Crippen LogP contribution < -0.4 is 5.32 Å². The Morgan fingerprint density at radius 2 is 0.936 bits per heavy atom. The van der Waals surface area contributed by atoms with Gasteiger partial charge in [-0.1, -0.05) is 272 Å². The normalized spacial score (nSPS) is 19.6. The molecule has 0 radical (unpaired) electrons. The summed E-state index contributed by atoms with van der Waals surface area (Å²) in [5.74, 6) is -1.24. The maximum absolute atomic E-state index is 13.4. The molecule has 1 aliphatic rings. The fourth-order valence-corrected chi connectivity index (χ4v) is 9.38. The summed E-state index contributed by atoms with van der Waals surface area (Å²) in [7, 11) is 0. The van der Waals surface area contributed by atoms with Crippen LogP contribution in [0.2, 0.25) is 0 Å². The van der Waals surface area contributed by atoms with Crippen molar-refractivity contribution < 1.29 is 49.3 Å². The van der Waals surface area contributed by atoms with Crippen LogP contribution in [0.3, 0.4) is 0 Å². The van der Waals surface area contributed by atoms with Crippen LogP contribution in [0.25, 0.3) is 0 Å². The van der Waals surface area contributed by atoms with Crippen molar-refractivity contribution in [2.75, 3.05) is 13.2 Å². The van der Waals surface area contributed by atoms with E-state index < -0.39 is 67.4 Å². The van der Waals surface area contributed by atoms with Crippen molar-refractivity contribution in [3.8, 4) is 0 Å². The zero-order valence-corrected chi connectivity index (χ0v) is 49.5. The van der Waals surface area contributed by atoms with Crippen molar-refractivity contribution in [1.29, 1.82) is 0 Å². The number of hydrogen-bond acceptors (Lipinski definition) is 10. The van der Waals surface area contributed by atoms with Gasteiger partial charge in [0.1, 0.15) is 24.4 Å². The number of carbonyl (C=O) groups is 2. The van der Waals surface area contributed by atoms with E-state index in [0.29, 0.717) is 12.8 Å². The number of unbranched alkanes of at least 4 members (excludes halogenated alkanes) is 29. The maximum atomic E-state index is 13.4. The largest absolute Gasteiger partial charge is 0.454 e. The Balaban J connectivity index is 2.70. The highest BCUT2D eigenvalue weighted by Crippen LogP contribution is 2.26. The number of aliphatic hydroxyl groups is 5. The first-order chi connectivity index (χ1) is 38.2. The molecule has 0 aromatic rings. The molecule has 11 heteroatoms. The van der Waals surface area contributed by atoms with Gasteiger partial charge in [-0.2, -0.15) is 0 Å². The molecule has 1 heterocycles. The first-order valence-corrected chi connectivity index (χ1v) is 31.6. The summed E-state index contributed by atoms with van der Waals surface area (Å²) in [5.41, 5.74) is 0. The fourth-order valence-electron chi connectivity index (χ4n) is 9.38. The highest BCUT2D eigenvalue weighted by atomic mass is 16.7. The molecular weight excluding hydrogens is 979 g/mol. The van der Waals surface area contributed by atoms with Gasteiger partial charge < -0.3 is 45.1 Å². The molecule has 0 aliphatic carbocycles. The minimum atomic E-state index is -1.64. The molecule has 78 heavy (non-hydrogen) atoms. The van der Waals surface area contributed by atoms with Crippen LogP contribution in [0.4, 0.5) is 0 Å². The van der Waals surface area contributed by atoms with Crippen LogP contribution in [-0.4, -0.2) is 99.6 Å². The van der Waals surface area contributed by atoms with E-state index in [4.69, 9.17) is 14.2 Å². The van der Waals surface area contributed by atoms with Gasteiger partial charge in [0.2, 0.25) is 5.91 Å². The minimum Gasteiger partial charge on any atom is -0.454 e. The van der Waals surface area contributed by atoms with Gasteiger partial charge in [0.25, 0.3) is 0 Å². The Labute approximate surface area is 475 Å². The van der Waals surface area contributed by atoms with Gasteiger partial charge in [0.05, 0.1) is 25.4 Å². The van der Waals surface area contributed by atoms with Crippen molar-refractivity contribution in [1.82, 2.24) is 5.32 Å². The Kier molecular flexibility index (Phi) is 50.4. The summed E-state index contributed by atoms with van der Waals surface area (Å²) < 4.78 is 17.6. The first kappa shape index (κ1) is 72.6. The van der Waals surface area contributed by atoms with E-state index >= 15 is 0 Å². The number of esters is 1. The zero-order valence-electron chi connectivity index (χ0n) is 49.5. The van der Waals surface area contributed by atoms with Crippen molar-refractivity contribution >= 4 is 11.9 Å². The Hall–Kier alpha value is -3.42. The quantitative estimate of drug-likeness (QED) is 0.0149. The van der Waals surface area contributed by atoms with Crippen LogP contribution >= 0.6 is 0 Å². The molecule has 1 amide bonds. The molecule has 6 N–H and O–H groups in total. The number of amides is 1. The molecule has 0 bridgehead atoms. The summed E-state index contributed by atoms with van der Waals surface area (Å²) in [6.45, 7) is 5.62. The molecule has 0 spiro atoms. The molecule has 448 valence electrons. The second-order valence-corrected chi connectivity index (χ2v) is 21.6. The summed E-state index contributed by atoms with van der Waals surface area (Å²) in [4.78, 5) is 26.5. The van der Waals surface area contributed by atoms with Crippen LogP contribution in [0.1, 0.15) is 252 Å². The number of carbonyl (C=O) groups excluding carboxylic acids is 2. The standard InChI is InChI=1S/C67H115NO10/c1-4-7-10-13-16-19-22-25-27-29-30-31-33-34-36-39-42-45-48-51-54-60(71)66(75)68-58(59(70)53-50-47-44-41-38-24-21-18-15-12-9-6-3)57-76-67-65(64(74)63(73)61(56-69)77-67)78-62(72)55-52-49-46-43-40-37-35-32-28-26-23-20-17-14-11-8-5-2/h8,11,14,17,20,23,25-28,32,35,37,40,50,53,58-61,63-65,67,69-71,73-74H,4-7,9-10,12-13,15-16,18-19,21-22,24,29-31,33-34,36,38-39,41-49,51-52,54-57H2,1-3H3,(H,68,75)/b11-8-,17-14+,23-20+,27-25+,28-26-,35-32+,40-37+,53-50+. The van der Waals surface area contributed by atoms with Crippen molar-refractivity contribution in [3.63, 3.8) is 0 Å². The number of aliphatic hydroxyl groups excluding tert-OH is 5. The third-order valence-corrected chi connectivity index (χ3v) is 14.4. The second kappa shape index (κ2) is 54.2. The van der Waals surface area contributed by atoms with Crippen LogP contribution in [0.15, 0.2) is 97.2 Å². The highest BCUT2D eigenvalue weighted by molar-refractivity contribution is 5.80. The summed E-state index contributed by atoms with van der Waals surface area (Å²) in [5, 5.41) is 57.0. The van der Waals surface area contributed by atoms with Crippen LogP contribution in [0.5, 0.6) is 0 Å². The third kappa shape index (κ3) is 41.6. The predicted octanol–water partition coefficient (Wildman–Crippen LogP) is 15.1. The molecule has 11 nitrogen and oxygen atoms in total. The fraction of sp³-hybridized carbons (Fsp3) is 0.731. The lowest BCUT2D eigenvalue weighted by atomic mass is 9.99. The number of allylic oxidation sites excluding steroid dienone is 15. The van der Waals surface area contributed by atoms with Gasteiger partial charge in [0, 0.05) is 6.42 Å². The van der Waals surface area contributed by atoms with Crippen LogP contribution in [-0.2, 0) is 23.8 Å². The average molecular weight is 1090 g/mol. The Bertz CT molecular complexity index is 1630. The summed E-state index contributed by atoms with van der Waals surface area (Å²) in [6, 6.07) is -1.04. The lowest BCUT2D eigenvalue weighted by Gasteiger charge is -2.41. The second-order valence-electron chi connectivity index (χ2n) is 21.6. The summed E-state index contributed by atoms with van der Waals surface area (Å²) >= 11 is 0. The lowest BCUT2D eigenvalue weighted by molar-refractivity contribution is -0.305. The SMILES string of the molecule is CC\C=C/C=C/C=C/C=C\C=C\C=C\CCCCCC(=O)OC1C(OCC(NC(=O)C(O)CCCCCCCCCCCC/C=C/CCCCCCCC)C(O)/C=C/CCCCCCCCCCCC)OC(CO)C(O)C1O. The number of rotatable bonds is 52. The molecule has 8 atom stereocenters. The number of nitrogens with one attached hydrogen (secondary N) is 1. The predicted molar refractivity (Wildman–Crippen MR) is 324 cm³/mol. The Morgan fingerprint density at radius 3 is 1.42 bits per heavy atom. The van der Waals surface area contributed by atoms with E-state index in [0.717, 1.165) is 64.2 Å². The molecule has 0 aromatic heterocycles. The maximum Gasteiger partial charge on any atom is 0.306 e. The van der Waals surface area contributed by atoms with Gasteiger partial charge in [-0.3, -0.25) is 9.59 Å². The molecule has 1 rings (SSSR count). The molecule has 0 saturated carbocycles. The van der Waals surface area contributed by atoms with Gasteiger partial charge in [0.15, 0.2) is 12.4 Å². The van der Waals surface area contributed by atoms with E-state index in [1.54, 1.807) is 6.08 Å². The topological polar surface area (TPSA) is 175 Å². The molecule has 1 saturated heterocycles. The van der Waals surface area contributed by atoms with E-state index in [1.807, 2.05) is 66.8 Å². The molecular formula is C67H115NO10. The summed E-state index contributed by atoms with van der Waals surface area (Å²) in [6.07, 6.45) is 61.6. The molecule has 1 fully saturated rings. The van der Waals surface area contributed by atoms with Crippen LogP contribution in [0, 0.1) is 0 Å². The van der Waals surface area contributed by atoms with Gasteiger partial charge >= 0.3 is 5.97 Å². The first-order valence-electron chi connectivity index (χ1n) is 31.6. The number of hydrogen-bond donors (Lipinski definition) is 6. The highest BCUT2D eigenvalue weighted by Gasteiger charge is 2.47. The lowest BCUT2D eigenvalue weighted by Crippen LogP contribution is -2.61. The van der Waals surface area contributed by atoms with E-state index in [2.05, 4.69) is 50.4 Å². The van der Waals surface area contributed by atoms with Crippen molar-refractivity contribution in [3.05, 3.63) is 97.2 Å². The molecule has 0 aromatic carbocycles. The van der Waals surface area contributed by atoms with Crippen molar-refractivity contribution in [2.45, 2.75) is 301 Å². The smallest absolute Gasteiger partial charge is 0.306 e. The van der Waals surface area contributed by atoms with E-state index in [9.17, 15) is 35.1 Å². The third-order valence-electron chi connectivity index (χ3n) is 14.4. The van der Waals surface area contributed by atoms with Crippen molar-refractivity contribution in [2.24, 2.45) is 0 Å². The zero-order chi connectivity index (χ0) is 56.8. The van der Waals surface area contributed by atoms with Gasteiger partial charge in [-0.15, -0.1) is 0 Å². The number of ether oxygens (including phenoxy) is 3. The van der Waals surface area contributed by atoms with E-state index in [-0.39, 0.29) is 19.4 Å². The molecule has 8 unspecified atom stereocenters. The average Bonchev–Trinajstić information content (AvgIpc) is 3.45. The minimum absolute atomic E-state index is 0.0679. The molecule has 1 aliphatic heterocycles. The van der Waals surface area contributed by atoms with Gasteiger partial charge in [-0.05, 0) is 70.6 Å². The van der Waals surface area contributed by atoms with E-state index in [1.165, 1.54) is 141 Å². The monoisotopic (exact) mass is 1090 g/mol. The van der Waals surface area contributed by atoms with Gasteiger partial charge in [-0.25, -0.2) is 0 Å².